The number of hydrogen-bond acceptors (Lipinski definition) is 3. The van der Waals surface area contributed by atoms with Gasteiger partial charge < -0.3 is 4.74 Å². The smallest absolute Gasteiger partial charge is 0.206 e. The van der Waals surface area contributed by atoms with Crippen LogP contribution in [0.4, 0.5) is 0 Å². The zero-order chi connectivity index (χ0) is 12.5. The fourth-order valence-electron chi connectivity index (χ4n) is 2.26. The fourth-order valence-corrected chi connectivity index (χ4v) is 3.08. The second-order valence-electron chi connectivity index (χ2n) is 4.49. The van der Waals surface area contributed by atoms with E-state index in [2.05, 4.69) is 0 Å². The van der Waals surface area contributed by atoms with Gasteiger partial charge in [-0.05, 0) is 43.5 Å². The number of ether oxygens (including phenoxy) is 1. The summed E-state index contributed by atoms with van der Waals surface area (Å²) in [5.74, 6) is 0.867. The molecule has 1 aliphatic heterocycles. The van der Waals surface area contributed by atoms with E-state index in [0.717, 1.165) is 33.9 Å². The summed E-state index contributed by atoms with van der Waals surface area (Å²) in [4.78, 5) is 14.4. The summed E-state index contributed by atoms with van der Waals surface area (Å²) < 4.78 is 5.69. The van der Waals surface area contributed by atoms with E-state index in [-0.39, 0.29) is 5.78 Å². The van der Waals surface area contributed by atoms with Crippen molar-refractivity contribution in [2.45, 2.75) is 19.8 Å². The predicted molar refractivity (Wildman–Crippen MR) is 72.7 cm³/mol. The second-order valence-corrected chi connectivity index (χ2v) is 5.77. The van der Waals surface area contributed by atoms with E-state index in [1.54, 1.807) is 0 Å². The van der Waals surface area contributed by atoms with Gasteiger partial charge in [-0.3, -0.25) is 4.79 Å². The average Bonchev–Trinajstić information content (AvgIpc) is 2.84. The molecule has 0 N–H and O–H groups in total. The van der Waals surface area contributed by atoms with Gasteiger partial charge in [-0.15, -0.1) is 11.3 Å². The first-order valence-corrected chi connectivity index (χ1v) is 6.93. The molecule has 0 radical (unpaired) electrons. The van der Waals surface area contributed by atoms with Gasteiger partial charge in [-0.1, -0.05) is 12.1 Å². The van der Waals surface area contributed by atoms with E-state index < -0.39 is 0 Å². The van der Waals surface area contributed by atoms with Gasteiger partial charge >= 0.3 is 0 Å². The van der Waals surface area contributed by atoms with Crippen LogP contribution in [-0.4, -0.2) is 12.4 Å². The summed E-state index contributed by atoms with van der Waals surface area (Å²) in [7, 11) is 0. The standard InChI is InChI=1S/C15H14O2S/c1-10-7-8-13(18-10)14(16)12-6-2-4-11-5-3-9-17-15(11)12/h2,4,6-8H,3,5,9H2,1H3. The molecule has 1 aromatic carbocycles. The summed E-state index contributed by atoms with van der Waals surface area (Å²) in [5.41, 5.74) is 1.86. The summed E-state index contributed by atoms with van der Waals surface area (Å²) >= 11 is 1.54. The van der Waals surface area contributed by atoms with Gasteiger partial charge in [0.05, 0.1) is 17.0 Å². The second kappa shape index (κ2) is 4.58. The van der Waals surface area contributed by atoms with Crippen LogP contribution in [-0.2, 0) is 6.42 Å². The number of benzene rings is 1. The molecule has 0 bridgehead atoms. The van der Waals surface area contributed by atoms with E-state index in [0.29, 0.717) is 12.2 Å². The Morgan fingerprint density at radius 3 is 2.94 bits per heavy atom. The zero-order valence-electron chi connectivity index (χ0n) is 10.2. The Kier molecular flexibility index (Phi) is 2.92. The van der Waals surface area contributed by atoms with Crippen molar-refractivity contribution in [2.24, 2.45) is 0 Å². The fraction of sp³-hybridized carbons (Fsp3) is 0.267. The molecule has 0 atom stereocenters. The molecule has 0 amide bonds. The quantitative estimate of drug-likeness (QED) is 0.769. The van der Waals surface area contributed by atoms with Gasteiger partial charge in [-0.25, -0.2) is 0 Å². The monoisotopic (exact) mass is 258 g/mol. The topological polar surface area (TPSA) is 26.3 Å². The molecule has 0 saturated carbocycles. The third kappa shape index (κ3) is 1.95. The highest BCUT2D eigenvalue weighted by Crippen LogP contribution is 2.31. The minimum atomic E-state index is 0.0758. The lowest BCUT2D eigenvalue weighted by Gasteiger charge is -2.19. The van der Waals surface area contributed by atoms with Gasteiger partial charge in [0.25, 0.3) is 0 Å². The Bertz CT molecular complexity index is 598. The van der Waals surface area contributed by atoms with Crippen molar-refractivity contribution in [1.82, 2.24) is 0 Å². The third-order valence-electron chi connectivity index (χ3n) is 3.14. The number of rotatable bonds is 2. The van der Waals surface area contributed by atoms with Crippen molar-refractivity contribution in [3.8, 4) is 5.75 Å². The molecular weight excluding hydrogens is 244 g/mol. The molecule has 18 heavy (non-hydrogen) atoms. The zero-order valence-corrected chi connectivity index (χ0v) is 11.0. The molecule has 0 spiro atoms. The Labute approximate surface area is 110 Å². The molecular formula is C15H14O2S. The Morgan fingerprint density at radius 2 is 2.17 bits per heavy atom. The Balaban J connectivity index is 2.04. The summed E-state index contributed by atoms with van der Waals surface area (Å²) in [5, 5.41) is 0. The summed E-state index contributed by atoms with van der Waals surface area (Å²) in [6.07, 6.45) is 2.03. The minimum absolute atomic E-state index is 0.0758. The van der Waals surface area contributed by atoms with Crippen LogP contribution >= 0.6 is 11.3 Å². The van der Waals surface area contributed by atoms with Crippen molar-refractivity contribution in [2.75, 3.05) is 6.61 Å². The number of carbonyl (C=O) groups excluding carboxylic acids is 1. The van der Waals surface area contributed by atoms with Gasteiger partial charge in [0, 0.05) is 4.88 Å². The Hall–Kier alpha value is -1.61. The maximum absolute atomic E-state index is 12.5. The normalized spacial score (nSPS) is 13.8. The number of fused-ring (bicyclic) bond motifs is 1. The van der Waals surface area contributed by atoms with Crippen LogP contribution < -0.4 is 4.74 Å². The van der Waals surface area contributed by atoms with E-state index in [9.17, 15) is 4.79 Å². The molecule has 2 aromatic rings. The Morgan fingerprint density at radius 1 is 1.28 bits per heavy atom. The molecule has 0 unspecified atom stereocenters. The molecule has 1 aromatic heterocycles. The summed E-state index contributed by atoms with van der Waals surface area (Å²) in [6, 6.07) is 9.73. The average molecular weight is 258 g/mol. The van der Waals surface area contributed by atoms with Crippen molar-refractivity contribution in [1.29, 1.82) is 0 Å². The van der Waals surface area contributed by atoms with Crippen molar-refractivity contribution < 1.29 is 9.53 Å². The molecule has 0 saturated heterocycles. The molecule has 2 heterocycles. The van der Waals surface area contributed by atoms with Crippen molar-refractivity contribution in [3.63, 3.8) is 0 Å². The van der Waals surface area contributed by atoms with Crippen molar-refractivity contribution in [3.05, 3.63) is 51.2 Å². The SMILES string of the molecule is Cc1ccc(C(=O)c2cccc3c2OCCC3)s1. The van der Waals surface area contributed by atoms with Crippen LogP contribution in [0, 0.1) is 6.92 Å². The van der Waals surface area contributed by atoms with Gasteiger partial charge in [-0.2, -0.15) is 0 Å². The highest BCUT2D eigenvalue weighted by molar-refractivity contribution is 7.14. The molecule has 92 valence electrons. The molecule has 3 heteroatoms. The van der Waals surface area contributed by atoms with Gasteiger partial charge in [0.15, 0.2) is 0 Å². The first-order chi connectivity index (χ1) is 8.75. The maximum atomic E-state index is 12.5. The van der Waals surface area contributed by atoms with E-state index in [1.165, 1.54) is 11.3 Å². The lowest BCUT2D eigenvalue weighted by molar-refractivity contribution is 0.103. The van der Waals surface area contributed by atoms with Crippen LogP contribution in [0.1, 0.15) is 32.1 Å². The number of para-hydroxylation sites is 1. The molecule has 0 fully saturated rings. The lowest BCUT2D eigenvalue weighted by atomic mass is 9.99. The number of aryl methyl sites for hydroxylation is 2. The lowest BCUT2D eigenvalue weighted by Crippen LogP contribution is -2.12. The minimum Gasteiger partial charge on any atom is -0.493 e. The van der Waals surface area contributed by atoms with Gasteiger partial charge in [0.1, 0.15) is 5.75 Å². The largest absolute Gasteiger partial charge is 0.493 e. The van der Waals surface area contributed by atoms with Crippen LogP contribution in [0.3, 0.4) is 0 Å². The number of carbonyl (C=O) groups is 1. The predicted octanol–water partition coefficient (Wildman–Crippen LogP) is 3.61. The molecule has 0 aliphatic carbocycles. The molecule has 3 rings (SSSR count). The first kappa shape index (κ1) is 11.5. The van der Waals surface area contributed by atoms with Crippen LogP contribution in [0.15, 0.2) is 30.3 Å². The number of hydrogen-bond donors (Lipinski definition) is 0. The number of ketones is 1. The van der Waals surface area contributed by atoms with Crippen LogP contribution in [0.25, 0.3) is 0 Å². The van der Waals surface area contributed by atoms with E-state index >= 15 is 0 Å². The maximum Gasteiger partial charge on any atom is 0.206 e. The molecule has 1 aliphatic rings. The van der Waals surface area contributed by atoms with E-state index in [4.69, 9.17) is 4.74 Å². The summed E-state index contributed by atoms with van der Waals surface area (Å²) in [6.45, 7) is 2.72. The third-order valence-corrected chi connectivity index (χ3v) is 4.14. The molecule has 2 nitrogen and oxygen atoms in total. The highest BCUT2D eigenvalue weighted by Gasteiger charge is 2.20. The van der Waals surface area contributed by atoms with Gasteiger partial charge in [0.2, 0.25) is 5.78 Å². The highest BCUT2D eigenvalue weighted by atomic mass is 32.1. The van der Waals surface area contributed by atoms with E-state index in [1.807, 2.05) is 37.3 Å². The van der Waals surface area contributed by atoms with Crippen molar-refractivity contribution >= 4 is 17.1 Å². The van der Waals surface area contributed by atoms with Crippen LogP contribution in [0.5, 0.6) is 5.75 Å². The van der Waals surface area contributed by atoms with Crippen LogP contribution in [0.2, 0.25) is 0 Å². The first-order valence-electron chi connectivity index (χ1n) is 6.11. The number of thiophene rings is 1.